The summed E-state index contributed by atoms with van der Waals surface area (Å²) in [4.78, 5) is 26.3. The summed E-state index contributed by atoms with van der Waals surface area (Å²) in [6.07, 6.45) is 0.462. The number of aromatic nitrogens is 1. The molecule has 0 bridgehead atoms. The molecule has 2 aromatic rings. The standard InChI is InChI=1S/C15H17N3O3/c19-14(20)6-3-9-16-15(21)17-10-12-8-7-11-4-1-2-5-13(11)18-12/h1-2,4-5,7-8H,3,6,9-10H2,(H,19,20)(H2,16,17,21). The minimum atomic E-state index is -0.863. The van der Waals surface area contributed by atoms with Crippen LogP contribution in [0.3, 0.4) is 0 Å². The number of fused-ring (bicyclic) bond motifs is 1. The van der Waals surface area contributed by atoms with Gasteiger partial charge in [-0.15, -0.1) is 0 Å². The van der Waals surface area contributed by atoms with Crippen molar-refractivity contribution < 1.29 is 14.7 Å². The third-order valence-electron chi connectivity index (χ3n) is 2.94. The van der Waals surface area contributed by atoms with Gasteiger partial charge in [-0.25, -0.2) is 4.79 Å². The van der Waals surface area contributed by atoms with Crippen molar-refractivity contribution in [2.45, 2.75) is 19.4 Å². The number of para-hydroxylation sites is 1. The number of nitrogens with one attached hydrogen (secondary N) is 2. The number of amides is 2. The molecule has 1 aromatic carbocycles. The molecule has 3 N–H and O–H groups in total. The van der Waals surface area contributed by atoms with Gasteiger partial charge in [0.25, 0.3) is 0 Å². The van der Waals surface area contributed by atoms with Crippen LogP contribution in [0.4, 0.5) is 4.79 Å². The molecule has 2 amide bonds. The zero-order valence-corrected chi connectivity index (χ0v) is 11.5. The molecule has 0 aliphatic rings. The summed E-state index contributed by atoms with van der Waals surface area (Å²) in [6.45, 7) is 0.666. The zero-order valence-electron chi connectivity index (χ0n) is 11.5. The number of carbonyl (C=O) groups is 2. The third kappa shape index (κ3) is 4.76. The molecule has 0 aliphatic heterocycles. The SMILES string of the molecule is O=C(O)CCCNC(=O)NCc1ccc2ccccc2n1. The van der Waals surface area contributed by atoms with Crippen molar-refractivity contribution in [3.63, 3.8) is 0 Å². The number of rotatable bonds is 6. The number of nitrogens with zero attached hydrogens (tertiary/aromatic N) is 1. The fourth-order valence-corrected chi connectivity index (χ4v) is 1.88. The van der Waals surface area contributed by atoms with Gasteiger partial charge in [-0.2, -0.15) is 0 Å². The number of pyridine rings is 1. The number of carboxylic acid groups (broad SMARTS) is 1. The minimum absolute atomic E-state index is 0.0481. The molecule has 0 radical (unpaired) electrons. The van der Waals surface area contributed by atoms with Crippen LogP contribution in [0.25, 0.3) is 10.9 Å². The van der Waals surface area contributed by atoms with E-state index in [0.717, 1.165) is 16.6 Å². The van der Waals surface area contributed by atoms with Gasteiger partial charge in [0.05, 0.1) is 17.8 Å². The van der Waals surface area contributed by atoms with E-state index in [-0.39, 0.29) is 12.5 Å². The van der Waals surface area contributed by atoms with E-state index < -0.39 is 5.97 Å². The molecule has 2 rings (SSSR count). The van der Waals surface area contributed by atoms with E-state index in [2.05, 4.69) is 15.6 Å². The Morgan fingerprint density at radius 1 is 1.10 bits per heavy atom. The fraction of sp³-hybridized carbons (Fsp3) is 0.267. The van der Waals surface area contributed by atoms with Gasteiger partial charge in [0.1, 0.15) is 0 Å². The quantitative estimate of drug-likeness (QED) is 0.708. The van der Waals surface area contributed by atoms with Crippen LogP contribution in [0.15, 0.2) is 36.4 Å². The van der Waals surface area contributed by atoms with Gasteiger partial charge in [-0.1, -0.05) is 24.3 Å². The van der Waals surface area contributed by atoms with Gasteiger partial charge in [0.2, 0.25) is 0 Å². The van der Waals surface area contributed by atoms with Crippen LogP contribution in [0, 0.1) is 0 Å². The van der Waals surface area contributed by atoms with Crippen LogP contribution in [0.1, 0.15) is 18.5 Å². The third-order valence-corrected chi connectivity index (χ3v) is 2.94. The summed E-state index contributed by atoms with van der Waals surface area (Å²) in [5.74, 6) is -0.863. The maximum atomic E-state index is 11.5. The molecule has 6 nitrogen and oxygen atoms in total. The lowest BCUT2D eigenvalue weighted by Crippen LogP contribution is -2.35. The Morgan fingerprint density at radius 2 is 1.90 bits per heavy atom. The van der Waals surface area contributed by atoms with E-state index in [1.807, 2.05) is 36.4 Å². The molecule has 0 aliphatic carbocycles. The maximum Gasteiger partial charge on any atom is 0.315 e. The van der Waals surface area contributed by atoms with E-state index in [9.17, 15) is 9.59 Å². The number of benzene rings is 1. The largest absolute Gasteiger partial charge is 0.481 e. The van der Waals surface area contributed by atoms with E-state index >= 15 is 0 Å². The summed E-state index contributed by atoms with van der Waals surface area (Å²) in [5, 5.41) is 14.8. The van der Waals surface area contributed by atoms with E-state index in [0.29, 0.717) is 19.5 Å². The molecule has 0 saturated carbocycles. The highest BCUT2D eigenvalue weighted by Gasteiger charge is 2.03. The first-order valence-electron chi connectivity index (χ1n) is 6.73. The molecular formula is C15H17N3O3. The van der Waals surface area contributed by atoms with Gasteiger partial charge in [0.15, 0.2) is 0 Å². The van der Waals surface area contributed by atoms with E-state index in [1.165, 1.54) is 0 Å². The summed E-state index contributed by atoms with van der Waals surface area (Å²) in [5.41, 5.74) is 1.66. The van der Waals surface area contributed by atoms with Gasteiger partial charge >= 0.3 is 12.0 Å². The molecule has 0 saturated heterocycles. The van der Waals surface area contributed by atoms with Gasteiger partial charge in [0, 0.05) is 18.4 Å². The van der Waals surface area contributed by atoms with E-state index in [1.54, 1.807) is 0 Å². The second-order valence-corrected chi connectivity index (χ2v) is 4.60. The highest BCUT2D eigenvalue weighted by atomic mass is 16.4. The fourth-order valence-electron chi connectivity index (χ4n) is 1.88. The molecule has 21 heavy (non-hydrogen) atoms. The topological polar surface area (TPSA) is 91.3 Å². The Balaban J connectivity index is 1.78. The number of hydrogen-bond donors (Lipinski definition) is 3. The monoisotopic (exact) mass is 287 g/mol. The number of aliphatic carboxylic acids is 1. The normalized spacial score (nSPS) is 10.3. The number of urea groups is 1. The van der Waals surface area contributed by atoms with Crippen LogP contribution in [0.2, 0.25) is 0 Å². The first-order chi connectivity index (χ1) is 10.1. The van der Waals surface area contributed by atoms with Crippen molar-refractivity contribution in [1.29, 1.82) is 0 Å². The Labute approximate surface area is 122 Å². The molecule has 0 unspecified atom stereocenters. The summed E-state index contributed by atoms with van der Waals surface area (Å²) >= 11 is 0. The van der Waals surface area contributed by atoms with Crippen LogP contribution in [-0.2, 0) is 11.3 Å². The van der Waals surface area contributed by atoms with E-state index in [4.69, 9.17) is 5.11 Å². The molecule has 0 atom stereocenters. The number of carbonyl (C=O) groups excluding carboxylic acids is 1. The Morgan fingerprint density at radius 3 is 2.71 bits per heavy atom. The first kappa shape index (κ1) is 14.8. The van der Waals surface area contributed by atoms with Crippen LogP contribution < -0.4 is 10.6 Å². The molecule has 0 spiro atoms. The Hall–Kier alpha value is -2.63. The predicted octanol–water partition coefficient (Wildman–Crippen LogP) is 1.90. The summed E-state index contributed by atoms with van der Waals surface area (Å²) < 4.78 is 0. The van der Waals surface area contributed by atoms with Crippen molar-refractivity contribution in [2.24, 2.45) is 0 Å². The lowest BCUT2D eigenvalue weighted by Gasteiger charge is -2.07. The summed E-state index contributed by atoms with van der Waals surface area (Å²) in [7, 11) is 0. The van der Waals surface area contributed by atoms with Crippen molar-refractivity contribution in [3.05, 3.63) is 42.1 Å². The van der Waals surface area contributed by atoms with Gasteiger partial charge in [-0.3, -0.25) is 9.78 Å². The number of hydrogen-bond acceptors (Lipinski definition) is 3. The van der Waals surface area contributed by atoms with Gasteiger partial charge < -0.3 is 15.7 Å². The molecule has 1 aromatic heterocycles. The summed E-state index contributed by atoms with van der Waals surface area (Å²) in [6, 6.07) is 11.3. The average Bonchev–Trinajstić information content (AvgIpc) is 2.49. The highest BCUT2D eigenvalue weighted by Crippen LogP contribution is 2.11. The lowest BCUT2D eigenvalue weighted by atomic mass is 10.2. The van der Waals surface area contributed by atoms with Gasteiger partial charge in [-0.05, 0) is 18.6 Å². The minimum Gasteiger partial charge on any atom is -0.481 e. The Kier molecular flexibility index (Phi) is 5.09. The second-order valence-electron chi connectivity index (χ2n) is 4.60. The molecular weight excluding hydrogens is 270 g/mol. The predicted molar refractivity (Wildman–Crippen MR) is 78.9 cm³/mol. The van der Waals surface area contributed by atoms with Crippen molar-refractivity contribution in [3.8, 4) is 0 Å². The average molecular weight is 287 g/mol. The first-order valence-corrected chi connectivity index (χ1v) is 6.73. The van der Waals surface area contributed by atoms with Crippen LogP contribution in [0.5, 0.6) is 0 Å². The second kappa shape index (κ2) is 7.23. The molecule has 110 valence electrons. The lowest BCUT2D eigenvalue weighted by molar-refractivity contribution is -0.137. The molecule has 1 heterocycles. The van der Waals surface area contributed by atoms with Crippen LogP contribution in [-0.4, -0.2) is 28.6 Å². The van der Waals surface area contributed by atoms with Crippen LogP contribution >= 0.6 is 0 Å². The molecule has 6 heteroatoms. The smallest absolute Gasteiger partial charge is 0.315 e. The highest BCUT2D eigenvalue weighted by molar-refractivity contribution is 5.78. The van der Waals surface area contributed by atoms with Crippen molar-refractivity contribution >= 4 is 22.9 Å². The zero-order chi connectivity index (χ0) is 15.1. The number of carboxylic acids is 1. The van der Waals surface area contributed by atoms with Crippen molar-refractivity contribution in [1.82, 2.24) is 15.6 Å². The maximum absolute atomic E-state index is 11.5. The Bertz CT molecular complexity index is 643. The molecule has 0 fully saturated rings. The van der Waals surface area contributed by atoms with Crippen molar-refractivity contribution in [2.75, 3.05) is 6.54 Å².